The predicted octanol–water partition coefficient (Wildman–Crippen LogP) is -2.16. The SMILES string of the molecule is O=C(CN1CCCNCC1)N[C@H](CO)C(=O)O. The zero-order chi connectivity index (χ0) is 12.7. The fraction of sp³-hybridized carbons (Fsp3) is 0.800. The molecule has 0 aromatic rings. The quantitative estimate of drug-likeness (QED) is 0.440. The number of nitrogens with zero attached hydrogens (tertiary/aromatic N) is 1. The van der Waals surface area contributed by atoms with Gasteiger partial charge in [-0.15, -0.1) is 0 Å². The number of rotatable bonds is 5. The summed E-state index contributed by atoms with van der Waals surface area (Å²) in [5.41, 5.74) is 0. The maximum absolute atomic E-state index is 11.5. The molecule has 0 spiro atoms. The Kier molecular flexibility index (Phi) is 5.88. The van der Waals surface area contributed by atoms with Gasteiger partial charge in [-0.3, -0.25) is 9.69 Å². The van der Waals surface area contributed by atoms with Gasteiger partial charge in [0.1, 0.15) is 6.04 Å². The summed E-state index contributed by atoms with van der Waals surface area (Å²) in [6, 6.07) is -1.22. The topological polar surface area (TPSA) is 102 Å². The van der Waals surface area contributed by atoms with E-state index in [1.54, 1.807) is 0 Å². The summed E-state index contributed by atoms with van der Waals surface area (Å²) in [5.74, 6) is -1.59. The average molecular weight is 245 g/mol. The van der Waals surface area contributed by atoms with E-state index in [0.717, 1.165) is 32.6 Å². The van der Waals surface area contributed by atoms with E-state index < -0.39 is 18.6 Å². The zero-order valence-corrected chi connectivity index (χ0v) is 9.69. The van der Waals surface area contributed by atoms with Crippen molar-refractivity contribution in [3.05, 3.63) is 0 Å². The van der Waals surface area contributed by atoms with Gasteiger partial charge in [-0.1, -0.05) is 0 Å². The van der Waals surface area contributed by atoms with Crippen LogP contribution in [0.2, 0.25) is 0 Å². The van der Waals surface area contributed by atoms with Gasteiger partial charge in [-0.25, -0.2) is 4.79 Å². The molecule has 1 amide bonds. The molecule has 0 aromatic carbocycles. The lowest BCUT2D eigenvalue weighted by Gasteiger charge is -2.20. The smallest absolute Gasteiger partial charge is 0.328 e. The van der Waals surface area contributed by atoms with Crippen molar-refractivity contribution < 1.29 is 19.8 Å². The molecule has 0 aliphatic carbocycles. The Morgan fingerprint density at radius 3 is 2.76 bits per heavy atom. The Morgan fingerprint density at radius 2 is 2.12 bits per heavy atom. The monoisotopic (exact) mass is 245 g/mol. The van der Waals surface area contributed by atoms with Gasteiger partial charge in [0.25, 0.3) is 0 Å². The largest absolute Gasteiger partial charge is 0.480 e. The second kappa shape index (κ2) is 7.21. The molecule has 7 heteroatoms. The molecule has 1 saturated heterocycles. The molecular formula is C10H19N3O4. The number of aliphatic hydroxyl groups excluding tert-OH is 1. The molecule has 17 heavy (non-hydrogen) atoms. The van der Waals surface area contributed by atoms with Gasteiger partial charge < -0.3 is 20.8 Å². The van der Waals surface area contributed by atoms with Crippen molar-refractivity contribution in [2.75, 3.05) is 39.3 Å². The number of nitrogens with one attached hydrogen (secondary N) is 2. The van der Waals surface area contributed by atoms with Crippen LogP contribution in [0.5, 0.6) is 0 Å². The van der Waals surface area contributed by atoms with Crippen molar-refractivity contribution in [1.29, 1.82) is 0 Å². The van der Waals surface area contributed by atoms with Crippen LogP contribution in [-0.2, 0) is 9.59 Å². The molecule has 1 fully saturated rings. The maximum Gasteiger partial charge on any atom is 0.328 e. The first-order chi connectivity index (χ1) is 8.13. The minimum Gasteiger partial charge on any atom is -0.480 e. The number of carbonyl (C=O) groups is 2. The lowest BCUT2D eigenvalue weighted by atomic mass is 10.3. The molecule has 1 aliphatic rings. The van der Waals surface area contributed by atoms with Crippen molar-refractivity contribution in [2.45, 2.75) is 12.5 Å². The van der Waals surface area contributed by atoms with Crippen molar-refractivity contribution in [3.8, 4) is 0 Å². The molecule has 1 atom stereocenters. The van der Waals surface area contributed by atoms with Gasteiger partial charge in [-0.2, -0.15) is 0 Å². The van der Waals surface area contributed by atoms with Gasteiger partial charge in [0.15, 0.2) is 0 Å². The van der Waals surface area contributed by atoms with Crippen LogP contribution >= 0.6 is 0 Å². The molecule has 0 saturated carbocycles. The number of hydrogen-bond donors (Lipinski definition) is 4. The van der Waals surface area contributed by atoms with E-state index in [4.69, 9.17) is 10.2 Å². The summed E-state index contributed by atoms with van der Waals surface area (Å²) < 4.78 is 0. The van der Waals surface area contributed by atoms with E-state index in [2.05, 4.69) is 10.6 Å². The summed E-state index contributed by atoms with van der Waals surface area (Å²) in [7, 11) is 0. The third-order valence-corrected chi connectivity index (χ3v) is 2.62. The Hall–Kier alpha value is -1.18. The highest BCUT2D eigenvalue weighted by molar-refractivity contribution is 5.84. The van der Waals surface area contributed by atoms with Crippen molar-refractivity contribution >= 4 is 11.9 Å². The van der Waals surface area contributed by atoms with Gasteiger partial charge in [0.05, 0.1) is 13.2 Å². The summed E-state index contributed by atoms with van der Waals surface area (Å²) in [5, 5.41) is 22.9. The van der Waals surface area contributed by atoms with Gasteiger partial charge >= 0.3 is 5.97 Å². The number of aliphatic hydroxyl groups is 1. The zero-order valence-electron chi connectivity index (χ0n) is 9.69. The first-order valence-electron chi connectivity index (χ1n) is 5.69. The highest BCUT2D eigenvalue weighted by atomic mass is 16.4. The van der Waals surface area contributed by atoms with E-state index in [0.29, 0.717) is 0 Å². The predicted molar refractivity (Wildman–Crippen MR) is 60.6 cm³/mol. The van der Waals surface area contributed by atoms with E-state index in [1.807, 2.05) is 4.90 Å². The third-order valence-electron chi connectivity index (χ3n) is 2.62. The summed E-state index contributed by atoms with van der Waals surface area (Å²) in [6.07, 6.45) is 0.968. The molecule has 0 aromatic heterocycles. The number of carboxylic acid groups (broad SMARTS) is 1. The minimum atomic E-state index is -1.22. The first kappa shape index (κ1) is 13.9. The molecule has 1 heterocycles. The summed E-state index contributed by atoms with van der Waals surface area (Å²) >= 11 is 0. The molecule has 4 N–H and O–H groups in total. The Balaban J connectivity index is 2.34. The second-order valence-corrected chi connectivity index (χ2v) is 4.02. The fourth-order valence-electron chi connectivity index (χ4n) is 1.69. The molecule has 0 radical (unpaired) electrons. The Labute approximate surface area is 99.8 Å². The van der Waals surface area contributed by atoms with Gasteiger partial charge in [-0.05, 0) is 19.5 Å². The van der Waals surface area contributed by atoms with Crippen molar-refractivity contribution in [3.63, 3.8) is 0 Å². The van der Waals surface area contributed by atoms with E-state index in [9.17, 15) is 9.59 Å². The van der Waals surface area contributed by atoms with E-state index in [1.165, 1.54) is 0 Å². The molecule has 98 valence electrons. The number of hydrogen-bond acceptors (Lipinski definition) is 5. The fourth-order valence-corrected chi connectivity index (χ4v) is 1.69. The Morgan fingerprint density at radius 1 is 1.35 bits per heavy atom. The van der Waals surface area contributed by atoms with Crippen LogP contribution in [0.3, 0.4) is 0 Å². The molecule has 1 aliphatic heterocycles. The van der Waals surface area contributed by atoms with Crippen LogP contribution in [0.25, 0.3) is 0 Å². The molecule has 0 unspecified atom stereocenters. The lowest BCUT2D eigenvalue weighted by molar-refractivity contribution is -0.143. The number of carboxylic acids is 1. The number of amides is 1. The molecular weight excluding hydrogens is 226 g/mol. The molecule has 1 rings (SSSR count). The Bertz CT molecular complexity index is 264. The molecule has 7 nitrogen and oxygen atoms in total. The number of aliphatic carboxylic acids is 1. The van der Waals surface area contributed by atoms with Crippen LogP contribution in [0.4, 0.5) is 0 Å². The average Bonchev–Trinajstić information content (AvgIpc) is 2.54. The van der Waals surface area contributed by atoms with Crippen LogP contribution in [0.15, 0.2) is 0 Å². The van der Waals surface area contributed by atoms with Gasteiger partial charge in [0.2, 0.25) is 5.91 Å². The van der Waals surface area contributed by atoms with Crippen LogP contribution in [-0.4, -0.2) is 72.4 Å². The van der Waals surface area contributed by atoms with Crippen LogP contribution < -0.4 is 10.6 Å². The normalized spacial score (nSPS) is 19.4. The third kappa shape index (κ3) is 5.12. The summed E-state index contributed by atoms with van der Waals surface area (Å²) in [6.45, 7) is 2.93. The minimum absolute atomic E-state index is 0.172. The van der Waals surface area contributed by atoms with Gasteiger partial charge in [0, 0.05) is 13.1 Å². The standard InChI is InChI=1S/C10H19N3O4/c14-7-8(10(16)17)12-9(15)6-13-4-1-2-11-3-5-13/h8,11,14H,1-7H2,(H,12,15)(H,16,17)/t8-/m1/s1. The number of carbonyl (C=O) groups excluding carboxylic acids is 1. The van der Waals surface area contributed by atoms with Crippen LogP contribution in [0, 0.1) is 0 Å². The first-order valence-corrected chi connectivity index (χ1v) is 5.69. The molecule has 0 bridgehead atoms. The van der Waals surface area contributed by atoms with E-state index >= 15 is 0 Å². The van der Waals surface area contributed by atoms with Crippen molar-refractivity contribution in [2.24, 2.45) is 0 Å². The highest BCUT2D eigenvalue weighted by Gasteiger charge is 2.20. The van der Waals surface area contributed by atoms with Crippen molar-refractivity contribution in [1.82, 2.24) is 15.5 Å². The second-order valence-electron chi connectivity index (χ2n) is 4.02. The summed E-state index contributed by atoms with van der Waals surface area (Å²) in [4.78, 5) is 24.1. The van der Waals surface area contributed by atoms with Crippen LogP contribution in [0.1, 0.15) is 6.42 Å². The highest BCUT2D eigenvalue weighted by Crippen LogP contribution is 1.95. The van der Waals surface area contributed by atoms with E-state index in [-0.39, 0.29) is 12.5 Å². The maximum atomic E-state index is 11.5. The lowest BCUT2D eigenvalue weighted by Crippen LogP contribution is -2.47.